The number of nitrogens with one attached hydrogen (secondary N) is 1. The summed E-state index contributed by atoms with van der Waals surface area (Å²) in [5, 5.41) is 10.5. The Bertz CT molecular complexity index is 939. The monoisotopic (exact) mass is 376 g/mol. The van der Waals surface area contributed by atoms with E-state index in [9.17, 15) is 4.79 Å². The molecule has 1 aliphatic heterocycles. The first-order valence-electron chi connectivity index (χ1n) is 9.59. The summed E-state index contributed by atoms with van der Waals surface area (Å²) in [6, 6.07) is 12.3. The lowest BCUT2D eigenvalue weighted by atomic mass is 9.95. The molecule has 1 amide bonds. The van der Waals surface area contributed by atoms with E-state index in [0.29, 0.717) is 17.4 Å². The van der Waals surface area contributed by atoms with Crippen LogP contribution in [0.4, 0.5) is 5.82 Å². The summed E-state index contributed by atoms with van der Waals surface area (Å²) in [5.41, 5.74) is 3.01. The van der Waals surface area contributed by atoms with Crippen molar-refractivity contribution in [2.45, 2.75) is 31.8 Å². The van der Waals surface area contributed by atoms with Crippen LogP contribution in [0.5, 0.6) is 0 Å². The summed E-state index contributed by atoms with van der Waals surface area (Å²) in [4.78, 5) is 19.3. The van der Waals surface area contributed by atoms with Crippen LogP contribution in [0.3, 0.4) is 0 Å². The summed E-state index contributed by atoms with van der Waals surface area (Å²) in [6.07, 6.45) is 9.02. The Labute approximate surface area is 164 Å². The van der Waals surface area contributed by atoms with Crippen molar-refractivity contribution in [3.63, 3.8) is 0 Å². The van der Waals surface area contributed by atoms with Gasteiger partial charge in [-0.15, -0.1) is 5.10 Å². The third kappa shape index (κ3) is 4.26. The maximum absolute atomic E-state index is 12.5. The van der Waals surface area contributed by atoms with E-state index in [1.54, 1.807) is 17.9 Å². The minimum Gasteiger partial charge on any atom is -0.304 e. The number of hydrogen-bond acceptors (Lipinski definition) is 5. The van der Waals surface area contributed by atoms with Crippen molar-refractivity contribution in [1.29, 1.82) is 0 Å². The van der Waals surface area contributed by atoms with Gasteiger partial charge in [-0.3, -0.25) is 19.4 Å². The van der Waals surface area contributed by atoms with Crippen molar-refractivity contribution >= 4 is 11.7 Å². The topological polar surface area (TPSA) is 75.9 Å². The molecule has 1 fully saturated rings. The number of aryl methyl sites for hydroxylation is 1. The fourth-order valence-electron chi connectivity index (χ4n) is 3.77. The van der Waals surface area contributed by atoms with E-state index in [0.717, 1.165) is 25.1 Å². The molecule has 1 aliphatic rings. The minimum atomic E-state index is -0.176. The standard InChI is InChI=1S/C21H24N6O/c1-26-15-20(24-25-26)23-21(28)17-7-4-6-16(12-17)14-27-11-3-2-9-19(27)18-8-5-10-22-13-18/h4-8,10,12-13,15,19H,2-3,9,11,14H2,1H3,(H,23,28). The molecule has 0 radical (unpaired) electrons. The number of nitrogens with zero attached hydrogens (tertiary/aromatic N) is 5. The van der Waals surface area contributed by atoms with Crippen LogP contribution in [-0.4, -0.2) is 37.3 Å². The number of hydrogen-bond donors (Lipinski definition) is 1. The van der Waals surface area contributed by atoms with Crippen LogP contribution >= 0.6 is 0 Å². The van der Waals surface area contributed by atoms with E-state index < -0.39 is 0 Å². The van der Waals surface area contributed by atoms with E-state index in [4.69, 9.17) is 0 Å². The molecule has 0 aliphatic carbocycles. The van der Waals surface area contributed by atoms with Gasteiger partial charge in [0.15, 0.2) is 5.82 Å². The first-order chi connectivity index (χ1) is 13.7. The van der Waals surface area contributed by atoms with Crippen LogP contribution in [0.25, 0.3) is 0 Å². The maximum Gasteiger partial charge on any atom is 0.256 e. The van der Waals surface area contributed by atoms with Gasteiger partial charge in [-0.1, -0.05) is 29.8 Å². The van der Waals surface area contributed by atoms with Crippen LogP contribution < -0.4 is 5.32 Å². The Morgan fingerprint density at radius 2 is 2.18 bits per heavy atom. The lowest BCUT2D eigenvalue weighted by Crippen LogP contribution is -2.33. The molecule has 1 aromatic carbocycles. The fourth-order valence-corrected chi connectivity index (χ4v) is 3.77. The van der Waals surface area contributed by atoms with Crippen LogP contribution in [0.1, 0.15) is 46.8 Å². The van der Waals surface area contributed by atoms with Gasteiger partial charge in [0.05, 0.1) is 6.20 Å². The quantitative estimate of drug-likeness (QED) is 0.740. The van der Waals surface area contributed by atoms with Gasteiger partial charge in [0.2, 0.25) is 0 Å². The van der Waals surface area contributed by atoms with Gasteiger partial charge in [-0.25, -0.2) is 0 Å². The number of anilines is 1. The summed E-state index contributed by atoms with van der Waals surface area (Å²) in [6.45, 7) is 1.86. The van der Waals surface area contributed by atoms with Crippen LogP contribution in [0, 0.1) is 0 Å². The van der Waals surface area contributed by atoms with Crippen molar-refractivity contribution in [2.75, 3.05) is 11.9 Å². The molecular weight excluding hydrogens is 352 g/mol. The predicted octanol–water partition coefficient (Wildman–Crippen LogP) is 3.19. The molecule has 0 bridgehead atoms. The molecule has 3 heterocycles. The molecule has 144 valence electrons. The number of rotatable bonds is 5. The highest BCUT2D eigenvalue weighted by Gasteiger charge is 2.24. The van der Waals surface area contributed by atoms with Crippen LogP contribution in [0.15, 0.2) is 55.0 Å². The normalized spacial score (nSPS) is 17.4. The minimum absolute atomic E-state index is 0.176. The molecular formula is C21H24N6O. The zero-order chi connectivity index (χ0) is 19.3. The Morgan fingerprint density at radius 3 is 2.96 bits per heavy atom. The molecule has 0 saturated carbocycles. The fraction of sp³-hybridized carbons (Fsp3) is 0.333. The van der Waals surface area contributed by atoms with Crippen molar-refractivity contribution in [2.24, 2.45) is 7.05 Å². The largest absolute Gasteiger partial charge is 0.304 e. The molecule has 4 rings (SSSR count). The van der Waals surface area contributed by atoms with Crippen molar-refractivity contribution < 1.29 is 4.79 Å². The first-order valence-corrected chi connectivity index (χ1v) is 9.59. The smallest absolute Gasteiger partial charge is 0.256 e. The van der Waals surface area contributed by atoms with Crippen molar-refractivity contribution in [3.05, 3.63) is 71.7 Å². The van der Waals surface area contributed by atoms with Gasteiger partial charge >= 0.3 is 0 Å². The van der Waals surface area contributed by atoms with E-state index in [-0.39, 0.29) is 5.91 Å². The second kappa shape index (κ2) is 8.31. The highest BCUT2D eigenvalue weighted by molar-refractivity contribution is 6.03. The third-order valence-electron chi connectivity index (χ3n) is 5.10. The number of pyridine rings is 1. The number of likely N-dealkylation sites (tertiary alicyclic amines) is 1. The van der Waals surface area contributed by atoms with Gasteiger partial charge < -0.3 is 5.32 Å². The Hall–Kier alpha value is -3.06. The average molecular weight is 376 g/mol. The highest BCUT2D eigenvalue weighted by atomic mass is 16.1. The second-order valence-corrected chi connectivity index (χ2v) is 7.20. The SMILES string of the molecule is Cn1cc(NC(=O)c2cccc(CN3CCCCC3c3cccnc3)c2)nn1. The van der Waals surface area contributed by atoms with E-state index in [1.165, 1.54) is 18.4 Å². The third-order valence-corrected chi connectivity index (χ3v) is 5.10. The van der Waals surface area contributed by atoms with E-state index >= 15 is 0 Å². The maximum atomic E-state index is 12.5. The molecule has 1 saturated heterocycles. The Morgan fingerprint density at radius 1 is 1.25 bits per heavy atom. The molecule has 7 heteroatoms. The molecule has 3 aromatic rings. The molecule has 28 heavy (non-hydrogen) atoms. The summed E-state index contributed by atoms with van der Waals surface area (Å²) in [5.74, 6) is 0.273. The lowest BCUT2D eigenvalue weighted by molar-refractivity contribution is 0.102. The number of amides is 1. The first kappa shape index (κ1) is 18.3. The van der Waals surface area contributed by atoms with Gasteiger partial charge in [-0.2, -0.15) is 0 Å². The van der Waals surface area contributed by atoms with Gasteiger partial charge in [-0.05, 0) is 48.7 Å². The van der Waals surface area contributed by atoms with Crippen LogP contribution in [-0.2, 0) is 13.6 Å². The second-order valence-electron chi connectivity index (χ2n) is 7.20. The lowest BCUT2D eigenvalue weighted by Gasteiger charge is -2.36. The van der Waals surface area contributed by atoms with Gasteiger partial charge in [0, 0.05) is 37.6 Å². The van der Waals surface area contributed by atoms with Crippen molar-refractivity contribution in [1.82, 2.24) is 24.9 Å². The molecule has 0 spiro atoms. The van der Waals surface area contributed by atoms with Gasteiger partial charge in [0.1, 0.15) is 0 Å². The molecule has 1 atom stereocenters. The number of benzene rings is 1. The molecule has 7 nitrogen and oxygen atoms in total. The summed E-state index contributed by atoms with van der Waals surface area (Å²) < 4.78 is 1.56. The van der Waals surface area contributed by atoms with Crippen LogP contribution in [0.2, 0.25) is 0 Å². The Balaban J connectivity index is 1.48. The number of aromatic nitrogens is 4. The molecule has 2 aromatic heterocycles. The summed E-state index contributed by atoms with van der Waals surface area (Å²) >= 11 is 0. The number of carbonyl (C=O) groups is 1. The summed E-state index contributed by atoms with van der Waals surface area (Å²) in [7, 11) is 1.76. The zero-order valence-corrected chi connectivity index (χ0v) is 16.0. The van der Waals surface area contributed by atoms with Crippen molar-refractivity contribution in [3.8, 4) is 0 Å². The average Bonchev–Trinajstić information content (AvgIpc) is 3.14. The molecule has 1 unspecified atom stereocenters. The zero-order valence-electron chi connectivity index (χ0n) is 16.0. The Kier molecular flexibility index (Phi) is 5.43. The van der Waals surface area contributed by atoms with E-state index in [2.05, 4.69) is 37.6 Å². The number of carbonyl (C=O) groups excluding carboxylic acids is 1. The molecule has 1 N–H and O–H groups in total. The van der Waals surface area contributed by atoms with Gasteiger partial charge in [0.25, 0.3) is 5.91 Å². The van der Waals surface area contributed by atoms with E-state index in [1.807, 2.05) is 36.7 Å². The highest BCUT2D eigenvalue weighted by Crippen LogP contribution is 2.31. The predicted molar refractivity (Wildman–Crippen MR) is 107 cm³/mol. The number of piperidine rings is 1.